The SMILES string of the molecule is CCCCCCCCCN(C)C.CCCOS(=O)(=O)O. The van der Waals surface area contributed by atoms with Gasteiger partial charge in [-0.05, 0) is 33.5 Å². The summed E-state index contributed by atoms with van der Waals surface area (Å²) >= 11 is 0. The molecule has 0 spiro atoms. The maximum atomic E-state index is 9.72. The molecule has 0 fully saturated rings. The molecule has 124 valence electrons. The third-order valence-electron chi connectivity index (χ3n) is 2.65. The van der Waals surface area contributed by atoms with Crippen LogP contribution in [-0.4, -0.2) is 45.1 Å². The summed E-state index contributed by atoms with van der Waals surface area (Å²) in [6.45, 7) is 5.31. The lowest BCUT2D eigenvalue weighted by molar-refractivity contribution is 0.269. The van der Waals surface area contributed by atoms with E-state index < -0.39 is 10.4 Å². The van der Waals surface area contributed by atoms with Gasteiger partial charge in [0.05, 0.1) is 6.61 Å². The summed E-state index contributed by atoms with van der Waals surface area (Å²) in [5.41, 5.74) is 0. The quantitative estimate of drug-likeness (QED) is 0.467. The first kappa shape index (κ1) is 22.1. The summed E-state index contributed by atoms with van der Waals surface area (Å²) in [5.74, 6) is 0. The molecule has 0 rings (SSSR count). The van der Waals surface area contributed by atoms with Gasteiger partial charge in [0.2, 0.25) is 0 Å². The molecule has 0 unspecified atom stereocenters. The van der Waals surface area contributed by atoms with Crippen molar-refractivity contribution in [2.24, 2.45) is 0 Å². The molecule has 0 atom stereocenters. The Kier molecular flexibility index (Phi) is 16.8. The van der Waals surface area contributed by atoms with Crippen molar-refractivity contribution in [2.75, 3.05) is 27.2 Å². The van der Waals surface area contributed by atoms with Gasteiger partial charge in [-0.15, -0.1) is 0 Å². The molecular formula is C14H33NO4S. The van der Waals surface area contributed by atoms with E-state index in [9.17, 15) is 8.42 Å². The van der Waals surface area contributed by atoms with Crippen LogP contribution in [0.3, 0.4) is 0 Å². The molecule has 0 aromatic rings. The van der Waals surface area contributed by atoms with E-state index in [-0.39, 0.29) is 6.61 Å². The summed E-state index contributed by atoms with van der Waals surface area (Å²) in [6, 6.07) is 0. The Labute approximate surface area is 125 Å². The minimum absolute atomic E-state index is 0.0405. The molecule has 0 aliphatic rings. The van der Waals surface area contributed by atoms with E-state index in [1.54, 1.807) is 6.92 Å². The fraction of sp³-hybridized carbons (Fsp3) is 1.00. The predicted octanol–water partition coefficient (Wildman–Crippen LogP) is 3.51. The van der Waals surface area contributed by atoms with Gasteiger partial charge in [-0.2, -0.15) is 8.42 Å². The number of unbranched alkanes of at least 4 members (excludes halogenated alkanes) is 6. The number of rotatable bonds is 11. The number of hydrogen-bond donors (Lipinski definition) is 1. The van der Waals surface area contributed by atoms with Crippen LogP contribution in [-0.2, 0) is 14.6 Å². The molecule has 0 aliphatic heterocycles. The highest BCUT2D eigenvalue weighted by Gasteiger charge is 2.00. The van der Waals surface area contributed by atoms with Crippen LogP contribution in [0, 0.1) is 0 Å². The van der Waals surface area contributed by atoms with E-state index in [4.69, 9.17) is 4.55 Å². The zero-order valence-corrected chi connectivity index (χ0v) is 14.4. The molecular weight excluding hydrogens is 278 g/mol. The van der Waals surface area contributed by atoms with Crippen LogP contribution in [0.2, 0.25) is 0 Å². The maximum absolute atomic E-state index is 9.72. The van der Waals surface area contributed by atoms with Gasteiger partial charge >= 0.3 is 10.4 Å². The molecule has 0 aromatic heterocycles. The molecule has 0 heterocycles. The second-order valence-electron chi connectivity index (χ2n) is 5.17. The van der Waals surface area contributed by atoms with Gasteiger partial charge in [0, 0.05) is 0 Å². The van der Waals surface area contributed by atoms with E-state index >= 15 is 0 Å². The molecule has 0 aromatic carbocycles. The van der Waals surface area contributed by atoms with E-state index in [1.807, 2.05) is 0 Å². The van der Waals surface area contributed by atoms with Crippen molar-refractivity contribution in [3.63, 3.8) is 0 Å². The van der Waals surface area contributed by atoms with Gasteiger partial charge in [0.1, 0.15) is 0 Å². The van der Waals surface area contributed by atoms with E-state index in [1.165, 1.54) is 51.5 Å². The Hall–Kier alpha value is -0.170. The van der Waals surface area contributed by atoms with Crippen molar-refractivity contribution < 1.29 is 17.2 Å². The molecule has 20 heavy (non-hydrogen) atoms. The number of nitrogens with zero attached hydrogens (tertiary/aromatic N) is 1. The van der Waals surface area contributed by atoms with Gasteiger partial charge < -0.3 is 4.90 Å². The Morgan fingerprint density at radius 2 is 1.40 bits per heavy atom. The highest BCUT2D eigenvalue weighted by atomic mass is 32.3. The first-order valence-electron chi connectivity index (χ1n) is 7.60. The molecule has 0 bridgehead atoms. The lowest BCUT2D eigenvalue weighted by Crippen LogP contribution is -2.12. The smallest absolute Gasteiger partial charge is 0.309 e. The summed E-state index contributed by atoms with van der Waals surface area (Å²) in [7, 11) is 0.113. The van der Waals surface area contributed by atoms with Crippen molar-refractivity contribution in [1.29, 1.82) is 0 Å². The lowest BCUT2D eigenvalue weighted by atomic mass is 10.1. The van der Waals surface area contributed by atoms with Crippen molar-refractivity contribution >= 4 is 10.4 Å². The van der Waals surface area contributed by atoms with Gasteiger partial charge in [-0.3, -0.25) is 4.55 Å². The summed E-state index contributed by atoms with van der Waals surface area (Å²) < 4.78 is 31.3. The predicted molar refractivity (Wildman–Crippen MR) is 84.3 cm³/mol. The van der Waals surface area contributed by atoms with Crippen molar-refractivity contribution in [1.82, 2.24) is 4.90 Å². The summed E-state index contributed by atoms with van der Waals surface area (Å²) in [6.07, 6.45) is 10.5. The Morgan fingerprint density at radius 3 is 1.75 bits per heavy atom. The molecule has 0 radical (unpaired) electrons. The third kappa shape index (κ3) is 26.4. The van der Waals surface area contributed by atoms with Gasteiger partial charge in [-0.25, -0.2) is 4.18 Å². The summed E-state index contributed by atoms with van der Waals surface area (Å²) in [4.78, 5) is 2.27. The molecule has 0 amide bonds. The molecule has 0 aliphatic carbocycles. The van der Waals surface area contributed by atoms with Crippen LogP contribution < -0.4 is 0 Å². The highest BCUT2D eigenvalue weighted by Crippen LogP contribution is 2.06. The van der Waals surface area contributed by atoms with Crippen molar-refractivity contribution in [2.45, 2.75) is 65.2 Å². The average molecular weight is 311 g/mol. The second-order valence-corrected chi connectivity index (χ2v) is 6.27. The molecule has 6 heteroatoms. The standard InChI is InChI=1S/C11H25N.C3H8O4S/c1-4-5-6-7-8-9-10-11-12(2)3;1-2-3-7-8(4,5)6/h4-11H2,1-3H3;2-3H2,1H3,(H,4,5,6). The van der Waals surface area contributed by atoms with Gasteiger partial charge in [0.15, 0.2) is 0 Å². The fourth-order valence-corrected chi connectivity index (χ4v) is 1.95. The average Bonchev–Trinajstić information content (AvgIpc) is 2.35. The van der Waals surface area contributed by atoms with Crippen LogP contribution in [0.25, 0.3) is 0 Å². The molecule has 1 N–H and O–H groups in total. The third-order valence-corrected chi connectivity index (χ3v) is 3.11. The molecule has 0 saturated heterocycles. The monoisotopic (exact) mass is 311 g/mol. The highest BCUT2D eigenvalue weighted by molar-refractivity contribution is 7.80. The van der Waals surface area contributed by atoms with Gasteiger partial charge in [-0.1, -0.05) is 52.4 Å². The minimum Gasteiger partial charge on any atom is -0.309 e. The van der Waals surface area contributed by atoms with E-state index in [2.05, 4.69) is 30.1 Å². The number of hydrogen-bond acceptors (Lipinski definition) is 4. The zero-order valence-electron chi connectivity index (χ0n) is 13.6. The zero-order chi connectivity index (χ0) is 15.9. The van der Waals surface area contributed by atoms with Gasteiger partial charge in [0.25, 0.3) is 0 Å². The van der Waals surface area contributed by atoms with Crippen LogP contribution >= 0.6 is 0 Å². The first-order valence-corrected chi connectivity index (χ1v) is 8.96. The van der Waals surface area contributed by atoms with E-state index in [0.717, 1.165) is 0 Å². The van der Waals surface area contributed by atoms with Crippen molar-refractivity contribution in [3.8, 4) is 0 Å². The Morgan fingerprint density at radius 1 is 0.900 bits per heavy atom. The van der Waals surface area contributed by atoms with Crippen LogP contribution in [0.15, 0.2) is 0 Å². The van der Waals surface area contributed by atoms with Crippen LogP contribution in [0.5, 0.6) is 0 Å². The maximum Gasteiger partial charge on any atom is 0.397 e. The topological polar surface area (TPSA) is 66.8 Å². The van der Waals surface area contributed by atoms with Crippen LogP contribution in [0.1, 0.15) is 65.2 Å². The van der Waals surface area contributed by atoms with Crippen molar-refractivity contribution in [3.05, 3.63) is 0 Å². The Bertz CT molecular complexity index is 279. The normalized spacial score (nSPS) is 11.3. The Balaban J connectivity index is 0. The molecule has 5 nitrogen and oxygen atoms in total. The van der Waals surface area contributed by atoms with Crippen LogP contribution in [0.4, 0.5) is 0 Å². The fourth-order valence-electron chi connectivity index (χ4n) is 1.57. The summed E-state index contributed by atoms with van der Waals surface area (Å²) in [5, 5.41) is 0. The second kappa shape index (κ2) is 15.2. The lowest BCUT2D eigenvalue weighted by Gasteiger charge is -2.08. The molecule has 0 saturated carbocycles. The minimum atomic E-state index is -4.19. The van der Waals surface area contributed by atoms with E-state index in [0.29, 0.717) is 6.42 Å². The largest absolute Gasteiger partial charge is 0.397 e. The first-order chi connectivity index (χ1) is 9.33.